The van der Waals surface area contributed by atoms with Crippen LogP contribution < -0.4 is 15.4 Å². The number of nitrogens with zero attached hydrogens (tertiary/aromatic N) is 2. The summed E-state index contributed by atoms with van der Waals surface area (Å²) >= 11 is 0. The van der Waals surface area contributed by atoms with Crippen molar-refractivity contribution in [2.24, 2.45) is 0 Å². The molecule has 0 spiro atoms. The van der Waals surface area contributed by atoms with Crippen molar-refractivity contribution in [3.8, 4) is 11.6 Å². The molecule has 0 bridgehead atoms. The lowest BCUT2D eigenvalue weighted by molar-refractivity contribution is -0.139. The zero-order valence-corrected chi connectivity index (χ0v) is 20.5. The normalized spacial score (nSPS) is 16.1. The summed E-state index contributed by atoms with van der Waals surface area (Å²) in [5.74, 6) is -0.640. The monoisotopic (exact) mass is 525 g/mol. The van der Waals surface area contributed by atoms with Crippen LogP contribution in [0.1, 0.15) is 28.8 Å². The molecule has 0 saturated carbocycles. The molecule has 11 heteroatoms. The van der Waals surface area contributed by atoms with Crippen molar-refractivity contribution in [2.75, 3.05) is 30.8 Å². The van der Waals surface area contributed by atoms with Crippen LogP contribution in [0.2, 0.25) is 0 Å². The predicted octanol–water partition coefficient (Wildman–Crippen LogP) is 5.76. The molecule has 0 aliphatic carbocycles. The van der Waals surface area contributed by atoms with Gasteiger partial charge >= 0.3 is 6.18 Å². The minimum absolute atomic E-state index is 0.0162. The van der Waals surface area contributed by atoms with Crippen molar-refractivity contribution < 1.29 is 27.8 Å². The van der Waals surface area contributed by atoms with E-state index < -0.39 is 17.6 Å². The van der Waals surface area contributed by atoms with Crippen LogP contribution >= 0.6 is 0 Å². The van der Waals surface area contributed by atoms with Crippen LogP contribution in [-0.4, -0.2) is 52.1 Å². The summed E-state index contributed by atoms with van der Waals surface area (Å²) in [5, 5.41) is 17.0. The van der Waals surface area contributed by atoms with Gasteiger partial charge in [0.1, 0.15) is 18.2 Å². The van der Waals surface area contributed by atoms with E-state index >= 15 is 0 Å². The lowest BCUT2D eigenvalue weighted by Crippen LogP contribution is -2.31. The Balaban J connectivity index is 1.38. The molecule has 1 aliphatic heterocycles. The third kappa shape index (κ3) is 5.23. The van der Waals surface area contributed by atoms with Gasteiger partial charge in [0, 0.05) is 46.6 Å². The second-order valence-electron chi connectivity index (χ2n) is 9.18. The maximum Gasteiger partial charge on any atom is 0.419 e. The number of hydrogen-bond acceptors (Lipinski definition) is 6. The van der Waals surface area contributed by atoms with Gasteiger partial charge in [-0.1, -0.05) is 6.07 Å². The van der Waals surface area contributed by atoms with Gasteiger partial charge in [-0.15, -0.1) is 0 Å². The van der Waals surface area contributed by atoms with E-state index in [2.05, 4.69) is 25.5 Å². The fraction of sp³-hybridized carbons (Fsp3) is 0.259. The van der Waals surface area contributed by atoms with Crippen molar-refractivity contribution in [1.29, 1.82) is 0 Å². The molecule has 3 heterocycles. The SMILES string of the molecule is CN1CCC[C@@H]1COc1cc(NC(=O)c2cccnc2Nc2cccc3c(O)[nH]cc23)ccc1C(F)(F)F. The molecule has 1 fully saturated rings. The second-order valence-corrected chi connectivity index (χ2v) is 9.18. The summed E-state index contributed by atoms with van der Waals surface area (Å²) in [6, 6.07) is 11.7. The maximum absolute atomic E-state index is 13.6. The van der Waals surface area contributed by atoms with Crippen LogP contribution in [-0.2, 0) is 6.18 Å². The summed E-state index contributed by atoms with van der Waals surface area (Å²) < 4.78 is 46.6. The van der Waals surface area contributed by atoms with Crippen molar-refractivity contribution in [1.82, 2.24) is 14.9 Å². The van der Waals surface area contributed by atoms with E-state index in [9.17, 15) is 23.1 Å². The van der Waals surface area contributed by atoms with Gasteiger partial charge in [0.05, 0.1) is 11.1 Å². The number of aromatic amines is 1. The number of aromatic hydroxyl groups is 1. The molecule has 198 valence electrons. The largest absolute Gasteiger partial charge is 0.494 e. The Morgan fingerprint density at radius 3 is 2.82 bits per heavy atom. The van der Waals surface area contributed by atoms with Crippen molar-refractivity contribution in [2.45, 2.75) is 25.1 Å². The standard InChI is InChI=1S/C27H26F3N5O3/c1-35-12-4-5-17(35)15-38-23-13-16(9-10-21(23)27(28,29)30)33-26(37)19-7-3-11-31-24(19)34-22-8-2-6-18-20(22)14-32-25(18)36/h2-3,6-11,13-14,17,32,36H,4-5,12,15H2,1H3,(H,31,34)(H,33,37)/t17-/m1/s1. The number of halogens is 3. The molecule has 2 aromatic heterocycles. The van der Waals surface area contributed by atoms with Crippen molar-refractivity contribution >= 4 is 33.9 Å². The molecule has 0 unspecified atom stereocenters. The highest BCUT2D eigenvalue weighted by Crippen LogP contribution is 2.38. The molecule has 38 heavy (non-hydrogen) atoms. The van der Waals surface area contributed by atoms with Crippen LogP contribution in [0.25, 0.3) is 10.8 Å². The summed E-state index contributed by atoms with van der Waals surface area (Å²) in [6.45, 7) is 0.991. The number of benzene rings is 2. The minimum Gasteiger partial charge on any atom is -0.494 e. The first-order valence-electron chi connectivity index (χ1n) is 12.1. The molecule has 1 atom stereocenters. The van der Waals surface area contributed by atoms with Gasteiger partial charge in [-0.3, -0.25) is 4.79 Å². The molecule has 2 aromatic carbocycles. The first kappa shape index (κ1) is 25.4. The van der Waals surface area contributed by atoms with E-state index in [0.29, 0.717) is 16.5 Å². The van der Waals surface area contributed by atoms with E-state index in [-0.39, 0.29) is 41.3 Å². The molecule has 8 nitrogen and oxygen atoms in total. The van der Waals surface area contributed by atoms with E-state index in [0.717, 1.165) is 25.5 Å². The highest BCUT2D eigenvalue weighted by atomic mass is 19.4. The highest BCUT2D eigenvalue weighted by molar-refractivity contribution is 6.08. The molecule has 5 rings (SSSR count). The summed E-state index contributed by atoms with van der Waals surface area (Å²) in [6.07, 6.45) is 0.351. The van der Waals surface area contributed by atoms with Crippen LogP contribution in [0, 0.1) is 0 Å². The zero-order valence-electron chi connectivity index (χ0n) is 20.5. The number of likely N-dealkylation sites (N-methyl/N-ethyl adjacent to an activating group) is 1. The highest BCUT2D eigenvalue weighted by Gasteiger charge is 2.35. The number of fused-ring (bicyclic) bond motifs is 1. The number of H-pyrrole nitrogens is 1. The molecule has 4 N–H and O–H groups in total. The third-order valence-corrected chi connectivity index (χ3v) is 6.67. The molecule has 1 aliphatic rings. The molecule has 1 saturated heterocycles. The molecule has 4 aromatic rings. The Morgan fingerprint density at radius 1 is 1.21 bits per heavy atom. The van der Waals surface area contributed by atoms with E-state index in [1.54, 1.807) is 36.5 Å². The lowest BCUT2D eigenvalue weighted by Gasteiger charge is -2.22. The Labute approximate surface area is 216 Å². The molecular weight excluding hydrogens is 499 g/mol. The summed E-state index contributed by atoms with van der Waals surface area (Å²) in [7, 11) is 1.92. The van der Waals surface area contributed by atoms with Crippen molar-refractivity contribution in [3.63, 3.8) is 0 Å². The Hall–Kier alpha value is -4.25. The average Bonchev–Trinajstić information content (AvgIpc) is 3.48. The average molecular weight is 526 g/mol. The lowest BCUT2D eigenvalue weighted by atomic mass is 10.1. The summed E-state index contributed by atoms with van der Waals surface area (Å²) in [4.78, 5) is 22.3. The van der Waals surface area contributed by atoms with E-state index in [1.807, 2.05) is 7.05 Å². The second kappa shape index (κ2) is 10.3. The summed E-state index contributed by atoms with van der Waals surface area (Å²) in [5.41, 5.74) is 0.0427. The Bertz CT molecular complexity index is 1470. The maximum atomic E-state index is 13.6. The fourth-order valence-corrected chi connectivity index (χ4v) is 4.60. The molecular formula is C27H26F3N5O3. The van der Waals surface area contributed by atoms with Crippen LogP contribution in [0.5, 0.6) is 11.6 Å². The minimum atomic E-state index is -4.60. The Morgan fingerprint density at radius 2 is 2.05 bits per heavy atom. The third-order valence-electron chi connectivity index (χ3n) is 6.67. The molecule has 0 radical (unpaired) electrons. The van der Waals surface area contributed by atoms with E-state index in [1.165, 1.54) is 18.3 Å². The Kier molecular flexibility index (Phi) is 6.85. The number of ether oxygens (including phenoxy) is 1. The number of rotatable bonds is 7. The number of pyridine rings is 1. The van der Waals surface area contributed by atoms with Gasteiger partial charge in [-0.25, -0.2) is 4.98 Å². The molecule has 1 amide bonds. The van der Waals surface area contributed by atoms with Gasteiger partial charge in [0.25, 0.3) is 5.91 Å². The van der Waals surface area contributed by atoms with E-state index in [4.69, 9.17) is 4.74 Å². The number of alkyl halides is 3. The zero-order chi connectivity index (χ0) is 26.9. The van der Waals surface area contributed by atoms with Gasteiger partial charge in [-0.05, 0) is 62.8 Å². The number of aromatic nitrogens is 2. The van der Waals surface area contributed by atoms with Gasteiger partial charge in [-0.2, -0.15) is 13.2 Å². The van der Waals surface area contributed by atoms with Gasteiger partial charge in [0.2, 0.25) is 0 Å². The topological polar surface area (TPSA) is 103 Å². The number of likely N-dealkylation sites (tertiary alicyclic amines) is 1. The van der Waals surface area contributed by atoms with Gasteiger partial charge in [0.15, 0.2) is 5.88 Å². The quantitative estimate of drug-likeness (QED) is 0.245. The first-order chi connectivity index (χ1) is 18.2. The van der Waals surface area contributed by atoms with Crippen LogP contribution in [0.3, 0.4) is 0 Å². The number of anilines is 3. The first-order valence-corrected chi connectivity index (χ1v) is 12.1. The number of nitrogens with one attached hydrogen (secondary N) is 3. The number of amides is 1. The van der Waals surface area contributed by atoms with Gasteiger partial charge < -0.3 is 30.4 Å². The number of carbonyl (C=O) groups is 1. The predicted molar refractivity (Wildman–Crippen MR) is 138 cm³/mol. The van der Waals surface area contributed by atoms with Crippen molar-refractivity contribution in [3.05, 3.63) is 72.1 Å². The number of hydrogen-bond donors (Lipinski definition) is 4. The van der Waals surface area contributed by atoms with Crippen LogP contribution in [0.15, 0.2) is 60.9 Å². The smallest absolute Gasteiger partial charge is 0.419 e. The number of carbonyl (C=O) groups excluding carboxylic acids is 1. The fourth-order valence-electron chi connectivity index (χ4n) is 4.60. The van der Waals surface area contributed by atoms with Crippen LogP contribution in [0.4, 0.5) is 30.4 Å².